The van der Waals surface area contributed by atoms with Gasteiger partial charge in [-0.25, -0.2) is 0 Å². The highest BCUT2D eigenvalue weighted by molar-refractivity contribution is 6.00. The number of carbonyl (C=O) groups excluding carboxylic acids is 1. The van der Waals surface area contributed by atoms with E-state index in [2.05, 4.69) is 10.2 Å². The average Bonchev–Trinajstić information content (AvgIpc) is 3.32. The first-order chi connectivity index (χ1) is 12.3. The average molecular weight is 333 g/mol. The van der Waals surface area contributed by atoms with Crippen LogP contribution in [-0.2, 0) is 4.79 Å². The molecular formula is C20H19N3O2. The number of H-pyrrole nitrogens is 1. The minimum absolute atomic E-state index is 0.108. The molecule has 1 aliphatic heterocycles. The number of rotatable bonds is 4. The summed E-state index contributed by atoms with van der Waals surface area (Å²) in [4.78, 5) is 14.8. The number of nitrogens with one attached hydrogen (secondary N) is 1. The first-order valence-electron chi connectivity index (χ1n) is 8.31. The van der Waals surface area contributed by atoms with Crippen LogP contribution in [0.25, 0.3) is 11.1 Å². The highest BCUT2D eigenvalue weighted by Crippen LogP contribution is 2.34. The molecule has 0 aliphatic carbocycles. The van der Waals surface area contributed by atoms with Gasteiger partial charge in [-0.1, -0.05) is 24.3 Å². The van der Waals surface area contributed by atoms with E-state index in [0.29, 0.717) is 0 Å². The van der Waals surface area contributed by atoms with Crippen LogP contribution >= 0.6 is 0 Å². The third kappa shape index (κ3) is 2.89. The summed E-state index contributed by atoms with van der Waals surface area (Å²) in [6.07, 6.45) is 4.46. The van der Waals surface area contributed by atoms with Gasteiger partial charge in [-0.05, 0) is 41.8 Å². The Kier molecular flexibility index (Phi) is 3.98. The second-order valence-electron chi connectivity index (χ2n) is 6.14. The number of aromatic nitrogens is 2. The lowest BCUT2D eigenvalue weighted by Gasteiger charge is -2.17. The Morgan fingerprint density at radius 3 is 2.72 bits per heavy atom. The standard InChI is InChI=1S/C20H19N3O2/c1-25-18-4-2-3-15(11-18)19-9-10-23(20(19)24)17-7-5-14(6-8-17)16-12-21-22-13-16/h2-8,11-13,19H,9-10H2,1H3,(H,21,22)/t19-/m1/s1. The molecule has 1 N–H and O–H groups in total. The molecule has 1 amide bonds. The monoisotopic (exact) mass is 333 g/mol. The predicted octanol–water partition coefficient (Wildman–Crippen LogP) is 3.61. The Hall–Kier alpha value is -3.08. The van der Waals surface area contributed by atoms with E-state index in [4.69, 9.17) is 4.74 Å². The van der Waals surface area contributed by atoms with E-state index in [-0.39, 0.29) is 11.8 Å². The van der Waals surface area contributed by atoms with Crippen molar-refractivity contribution in [3.63, 3.8) is 0 Å². The number of benzene rings is 2. The minimum atomic E-state index is -0.108. The molecule has 1 aromatic heterocycles. The predicted molar refractivity (Wildman–Crippen MR) is 96.7 cm³/mol. The summed E-state index contributed by atoms with van der Waals surface area (Å²) in [7, 11) is 1.64. The van der Waals surface area contributed by atoms with Crippen LogP contribution in [0.3, 0.4) is 0 Å². The summed E-state index contributed by atoms with van der Waals surface area (Å²) in [6.45, 7) is 0.728. The maximum absolute atomic E-state index is 12.9. The van der Waals surface area contributed by atoms with Crippen molar-refractivity contribution >= 4 is 11.6 Å². The number of hydrogen-bond donors (Lipinski definition) is 1. The zero-order valence-electron chi connectivity index (χ0n) is 14.0. The summed E-state index contributed by atoms with van der Waals surface area (Å²) in [5.74, 6) is 0.821. The fourth-order valence-electron chi connectivity index (χ4n) is 3.35. The van der Waals surface area contributed by atoms with E-state index in [1.54, 1.807) is 13.3 Å². The van der Waals surface area contributed by atoms with E-state index in [0.717, 1.165) is 41.1 Å². The number of ether oxygens (including phenoxy) is 1. The minimum Gasteiger partial charge on any atom is -0.497 e. The maximum Gasteiger partial charge on any atom is 0.234 e. The highest BCUT2D eigenvalue weighted by atomic mass is 16.5. The Labute approximate surface area is 146 Å². The SMILES string of the molecule is COc1cccc([C@H]2CCN(c3ccc(-c4cn[nH]c4)cc3)C2=O)c1. The zero-order chi connectivity index (χ0) is 17.2. The van der Waals surface area contributed by atoms with Gasteiger partial charge in [0.1, 0.15) is 5.75 Å². The van der Waals surface area contributed by atoms with Crippen LogP contribution in [0.1, 0.15) is 17.9 Å². The van der Waals surface area contributed by atoms with Crippen LogP contribution in [0.15, 0.2) is 60.9 Å². The quantitative estimate of drug-likeness (QED) is 0.793. The van der Waals surface area contributed by atoms with Gasteiger partial charge in [-0.2, -0.15) is 5.10 Å². The molecule has 0 bridgehead atoms. The highest BCUT2D eigenvalue weighted by Gasteiger charge is 2.33. The summed E-state index contributed by atoms with van der Waals surface area (Å²) in [6, 6.07) is 15.8. The fraction of sp³-hybridized carbons (Fsp3) is 0.200. The van der Waals surface area contributed by atoms with Crippen molar-refractivity contribution in [2.45, 2.75) is 12.3 Å². The second-order valence-corrected chi connectivity index (χ2v) is 6.14. The molecule has 0 radical (unpaired) electrons. The van der Waals surface area contributed by atoms with Crippen LogP contribution in [0.2, 0.25) is 0 Å². The summed E-state index contributed by atoms with van der Waals surface area (Å²) >= 11 is 0. The molecule has 0 saturated carbocycles. The molecule has 1 atom stereocenters. The lowest BCUT2D eigenvalue weighted by atomic mass is 9.97. The first-order valence-corrected chi connectivity index (χ1v) is 8.31. The van der Waals surface area contributed by atoms with Crippen LogP contribution in [0.5, 0.6) is 5.75 Å². The molecule has 2 heterocycles. The summed E-state index contributed by atoms with van der Waals surface area (Å²) < 4.78 is 5.28. The lowest BCUT2D eigenvalue weighted by Crippen LogP contribution is -2.26. The number of hydrogen-bond acceptors (Lipinski definition) is 3. The molecule has 1 aliphatic rings. The van der Waals surface area contributed by atoms with Gasteiger partial charge in [0.25, 0.3) is 0 Å². The Morgan fingerprint density at radius 2 is 2.00 bits per heavy atom. The summed E-state index contributed by atoms with van der Waals surface area (Å²) in [5.41, 5.74) is 4.06. The number of anilines is 1. The van der Waals surface area contributed by atoms with Gasteiger partial charge in [0.15, 0.2) is 0 Å². The van der Waals surface area contributed by atoms with Crippen molar-refractivity contribution in [1.29, 1.82) is 0 Å². The van der Waals surface area contributed by atoms with Gasteiger partial charge >= 0.3 is 0 Å². The Balaban J connectivity index is 1.55. The van der Waals surface area contributed by atoms with Gasteiger partial charge < -0.3 is 9.64 Å². The molecule has 2 aromatic carbocycles. The number of amides is 1. The van der Waals surface area contributed by atoms with Crippen molar-refractivity contribution in [3.8, 4) is 16.9 Å². The van der Waals surface area contributed by atoms with Crippen molar-refractivity contribution in [1.82, 2.24) is 10.2 Å². The van der Waals surface area contributed by atoms with Gasteiger partial charge in [0, 0.05) is 24.0 Å². The normalized spacial score (nSPS) is 17.1. The largest absolute Gasteiger partial charge is 0.497 e. The van der Waals surface area contributed by atoms with Crippen LogP contribution in [0, 0.1) is 0 Å². The van der Waals surface area contributed by atoms with Crippen molar-refractivity contribution < 1.29 is 9.53 Å². The summed E-state index contributed by atoms with van der Waals surface area (Å²) in [5, 5.41) is 6.78. The van der Waals surface area contributed by atoms with Crippen LogP contribution in [0.4, 0.5) is 5.69 Å². The second kappa shape index (κ2) is 6.43. The van der Waals surface area contributed by atoms with Crippen molar-refractivity contribution in [2.75, 3.05) is 18.6 Å². The molecule has 0 unspecified atom stereocenters. The van der Waals surface area contributed by atoms with Gasteiger partial charge in [0.05, 0.1) is 19.2 Å². The number of carbonyl (C=O) groups is 1. The van der Waals surface area contributed by atoms with Gasteiger partial charge in [0.2, 0.25) is 5.91 Å². The van der Waals surface area contributed by atoms with E-state index in [9.17, 15) is 4.79 Å². The number of nitrogens with zero attached hydrogens (tertiary/aromatic N) is 2. The third-order valence-electron chi connectivity index (χ3n) is 4.71. The van der Waals surface area contributed by atoms with E-state index < -0.39 is 0 Å². The van der Waals surface area contributed by atoms with E-state index in [1.807, 2.05) is 59.6 Å². The first kappa shape index (κ1) is 15.4. The van der Waals surface area contributed by atoms with Crippen LogP contribution < -0.4 is 9.64 Å². The third-order valence-corrected chi connectivity index (χ3v) is 4.71. The number of aromatic amines is 1. The fourth-order valence-corrected chi connectivity index (χ4v) is 3.35. The molecule has 4 rings (SSSR count). The van der Waals surface area contributed by atoms with E-state index >= 15 is 0 Å². The van der Waals surface area contributed by atoms with Gasteiger partial charge in [-0.3, -0.25) is 9.89 Å². The molecule has 5 nitrogen and oxygen atoms in total. The van der Waals surface area contributed by atoms with Gasteiger partial charge in [-0.15, -0.1) is 0 Å². The van der Waals surface area contributed by atoms with Crippen molar-refractivity contribution in [3.05, 3.63) is 66.5 Å². The van der Waals surface area contributed by atoms with Crippen LogP contribution in [-0.4, -0.2) is 29.8 Å². The van der Waals surface area contributed by atoms with E-state index in [1.165, 1.54) is 0 Å². The molecule has 1 saturated heterocycles. The number of methoxy groups -OCH3 is 1. The molecule has 1 fully saturated rings. The molecule has 3 aromatic rings. The van der Waals surface area contributed by atoms with Crippen molar-refractivity contribution in [2.24, 2.45) is 0 Å². The Bertz CT molecular complexity index is 872. The smallest absolute Gasteiger partial charge is 0.234 e. The molecule has 25 heavy (non-hydrogen) atoms. The Morgan fingerprint density at radius 1 is 1.16 bits per heavy atom. The lowest BCUT2D eigenvalue weighted by molar-refractivity contribution is -0.118. The molecule has 5 heteroatoms. The molecule has 126 valence electrons. The molecule has 0 spiro atoms. The zero-order valence-corrected chi connectivity index (χ0v) is 14.0. The maximum atomic E-state index is 12.9. The topological polar surface area (TPSA) is 58.2 Å². The molecular weight excluding hydrogens is 314 g/mol.